The molecule has 0 aromatic heterocycles. The van der Waals surface area contributed by atoms with E-state index < -0.39 is 17.9 Å². The van der Waals surface area contributed by atoms with Crippen molar-refractivity contribution in [1.29, 1.82) is 0 Å². The predicted octanol–water partition coefficient (Wildman–Crippen LogP) is 1.49. The molecule has 17 heavy (non-hydrogen) atoms. The van der Waals surface area contributed by atoms with Crippen LogP contribution < -0.4 is 4.90 Å². The number of carbonyl (C=O) groups is 1. The molecule has 1 atom stereocenters. The van der Waals surface area contributed by atoms with Gasteiger partial charge in [-0.1, -0.05) is 6.07 Å². The van der Waals surface area contributed by atoms with Gasteiger partial charge in [0.2, 0.25) is 0 Å². The molecule has 0 saturated heterocycles. The van der Waals surface area contributed by atoms with Crippen LogP contribution in [0.15, 0.2) is 18.2 Å². The van der Waals surface area contributed by atoms with Crippen molar-refractivity contribution < 1.29 is 19.0 Å². The fraction of sp³-hybridized carbons (Fsp3) is 0.417. The summed E-state index contributed by atoms with van der Waals surface area (Å²) >= 11 is 0. The molecule has 1 aromatic carbocycles. The molecular weight excluding hydrogens is 225 g/mol. The average molecular weight is 241 g/mol. The Balaban J connectivity index is 2.95. The lowest BCUT2D eigenvalue weighted by Crippen LogP contribution is -2.17. The van der Waals surface area contributed by atoms with Crippen LogP contribution in [-0.2, 0) is 9.53 Å². The molecule has 94 valence electrons. The second kappa shape index (κ2) is 5.63. The van der Waals surface area contributed by atoms with Crippen LogP contribution in [0.3, 0.4) is 0 Å². The van der Waals surface area contributed by atoms with Gasteiger partial charge in [0.05, 0.1) is 6.61 Å². The Labute approximate surface area is 99.6 Å². The number of esters is 1. The van der Waals surface area contributed by atoms with E-state index in [0.717, 1.165) is 0 Å². The van der Waals surface area contributed by atoms with E-state index in [0.29, 0.717) is 5.69 Å². The van der Waals surface area contributed by atoms with E-state index in [4.69, 9.17) is 0 Å². The first-order valence-corrected chi connectivity index (χ1v) is 5.28. The van der Waals surface area contributed by atoms with Gasteiger partial charge in [0.25, 0.3) is 0 Å². The second-order valence-electron chi connectivity index (χ2n) is 3.75. The summed E-state index contributed by atoms with van der Waals surface area (Å²) in [7, 11) is 3.55. The number of hydrogen-bond acceptors (Lipinski definition) is 4. The molecular formula is C12H16FNO3. The lowest BCUT2D eigenvalue weighted by molar-refractivity contribution is -0.153. The fourth-order valence-electron chi connectivity index (χ4n) is 1.36. The van der Waals surface area contributed by atoms with Gasteiger partial charge in [-0.3, -0.25) is 0 Å². The highest BCUT2D eigenvalue weighted by Crippen LogP contribution is 2.22. The zero-order valence-electron chi connectivity index (χ0n) is 10.1. The van der Waals surface area contributed by atoms with Gasteiger partial charge in [-0.15, -0.1) is 0 Å². The van der Waals surface area contributed by atoms with Crippen molar-refractivity contribution in [1.82, 2.24) is 0 Å². The second-order valence-corrected chi connectivity index (χ2v) is 3.75. The summed E-state index contributed by atoms with van der Waals surface area (Å²) in [5, 5.41) is 9.60. The molecule has 0 aliphatic carbocycles. The number of hydrogen-bond donors (Lipinski definition) is 1. The molecule has 0 radical (unpaired) electrons. The molecule has 0 heterocycles. The van der Waals surface area contributed by atoms with Crippen molar-refractivity contribution in [3.05, 3.63) is 29.6 Å². The van der Waals surface area contributed by atoms with Crippen molar-refractivity contribution >= 4 is 11.7 Å². The van der Waals surface area contributed by atoms with Crippen LogP contribution >= 0.6 is 0 Å². The maximum absolute atomic E-state index is 13.7. The molecule has 1 rings (SSSR count). The highest BCUT2D eigenvalue weighted by Gasteiger charge is 2.22. The third-order valence-corrected chi connectivity index (χ3v) is 2.30. The Hall–Kier alpha value is -1.62. The van der Waals surface area contributed by atoms with Crippen LogP contribution in [-0.4, -0.2) is 31.8 Å². The van der Waals surface area contributed by atoms with Gasteiger partial charge in [0.1, 0.15) is 5.82 Å². The van der Waals surface area contributed by atoms with Crippen molar-refractivity contribution in [3.63, 3.8) is 0 Å². The molecule has 0 saturated carbocycles. The molecule has 5 heteroatoms. The van der Waals surface area contributed by atoms with Crippen molar-refractivity contribution in [2.45, 2.75) is 13.0 Å². The smallest absolute Gasteiger partial charge is 0.339 e. The molecule has 0 aliphatic rings. The van der Waals surface area contributed by atoms with E-state index in [9.17, 15) is 14.3 Å². The summed E-state index contributed by atoms with van der Waals surface area (Å²) in [6.45, 7) is 1.77. The van der Waals surface area contributed by atoms with Gasteiger partial charge in [0, 0.05) is 25.3 Å². The summed E-state index contributed by atoms with van der Waals surface area (Å²) < 4.78 is 18.3. The van der Waals surface area contributed by atoms with Gasteiger partial charge < -0.3 is 14.7 Å². The number of anilines is 1. The lowest BCUT2D eigenvalue weighted by atomic mass is 10.1. The minimum Gasteiger partial charge on any atom is -0.464 e. The van der Waals surface area contributed by atoms with Gasteiger partial charge >= 0.3 is 5.97 Å². The van der Waals surface area contributed by atoms with Gasteiger partial charge in [-0.2, -0.15) is 0 Å². The van der Waals surface area contributed by atoms with E-state index in [1.165, 1.54) is 12.1 Å². The van der Waals surface area contributed by atoms with Crippen molar-refractivity contribution in [3.8, 4) is 0 Å². The van der Waals surface area contributed by atoms with Crippen molar-refractivity contribution in [2.75, 3.05) is 25.6 Å². The van der Waals surface area contributed by atoms with Gasteiger partial charge in [-0.05, 0) is 19.1 Å². The fourth-order valence-corrected chi connectivity index (χ4v) is 1.36. The van der Waals surface area contributed by atoms with E-state index in [1.54, 1.807) is 32.0 Å². The van der Waals surface area contributed by atoms with Crippen LogP contribution in [0.5, 0.6) is 0 Å². The number of halogens is 1. The first kappa shape index (κ1) is 13.4. The SMILES string of the molecule is CCOC(=O)[C@H](O)c1ccc(N(C)C)cc1F. The molecule has 1 N–H and O–H groups in total. The van der Waals surface area contributed by atoms with Crippen LogP contribution in [0.4, 0.5) is 10.1 Å². The molecule has 0 aliphatic heterocycles. The topological polar surface area (TPSA) is 49.8 Å². The monoisotopic (exact) mass is 241 g/mol. The maximum Gasteiger partial charge on any atom is 0.339 e. The standard InChI is InChI=1S/C12H16FNO3/c1-4-17-12(16)11(15)9-6-5-8(14(2)3)7-10(9)13/h5-7,11,15H,4H2,1-3H3/t11-/m1/s1. The highest BCUT2D eigenvalue weighted by atomic mass is 19.1. The van der Waals surface area contributed by atoms with Crippen LogP contribution in [0.1, 0.15) is 18.6 Å². The van der Waals surface area contributed by atoms with Crippen LogP contribution in [0.25, 0.3) is 0 Å². The largest absolute Gasteiger partial charge is 0.464 e. The lowest BCUT2D eigenvalue weighted by Gasteiger charge is -2.15. The third-order valence-electron chi connectivity index (χ3n) is 2.30. The first-order valence-electron chi connectivity index (χ1n) is 5.28. The molecule has 0 amide bonds. The Morgan fingerprint density at radius 1 is 1.53 bits per heavy atom. The number of benzene rings is 1. The number of nitrogens with zero attached hydrogens (tertiary/aromatic N) is 1. The Kier molecular flexibility index (Phi) is 4.45. The van der Waals surface area contributed by atoms with E-state index >= 15 is 0 Å². The normalized spacial score (nSPS) is 12.1. The Morgan fingerprint density at radius 2 is 2.18 bits per heavy atom. The van der Waals surface area contributed by atoms with Crippen LogP contribution in [0, 0.1) is 5.82 Å². The number of aliphatic hydroxyl groups is 1. The van der Waals surface area contributed by atoms with Crippen LogP contribution in [0.2, 0.25) is 0 Å². The highest BCUT2D eigenvalue weighted by molar-refractivity contribution is 5.76. The van der Waals surface area contributed by atoms with E-state index in [2.05, 4.69) is 4.74 Å². The predicted molar refractivity (Wildman–Crippen MR) is 62.3 cm³/mol. The number of rotatable bonds is 4. The minimum atomic E-state index is -1.58. The summed E-state index contributed by atoms with van der Waals surface area (Å²) in [5.41, 5.74) is 0.580. The van der Waals surface area contributed by atoms with E-state index in [1.807, 2.05) is 0 Å². The minimum absolute atomic E-state index is 0.0750. The summed E-state index contributed by atoms with van der Waals surface area (Å²) in [6.07, 6.45) is -1.58. The zero-order chi connectivity index (χ0) is 13.0. The van der Waals surface area contributed by atoms with Gasteiger partial charge in [-0.25, -0.2) is 9.18 Å². The Morgan fingerprint density at radius 3 is 2.65 bits per heavy atom. The molecule has 0 unspecified atom stereocenters. The molecule has 1 aromatic rings. The quantitative estimate of drug-likeness (QED) is 0.811. The molecule has 4 nitrogen and oxygen atoms in total. The Bertz CT molecular complexity index is 407. The molecule has 0 fully saturated rings. The van der Waals surface area contributed by atoms with Gasteiger partial charge in [0.15, 0.2) is 6.10 Å². The molecule has 0 bridgehead atoms. The first-order chi connectivity index (χ1) is 7.97. The maximum atomic E-state index is 13.7. The third kappa shape index (κ3) is 3.17. The number of aliphatic hydroxyl groups excluding tert-OH is 1. The summed E-state index contributed by atoms with van der Waals surface area (Å²) in [5.74, 6) is -1.47. The molecule has 0 spiro atoms. The summed E-state index contributed by atoms with van der Waals surface area (Å²) in [4.78, 5) is 13.0. The van der Waals surface area contributed by atoms with Crippen molar-refractivity contribution in [2.24, 2.45) is 0 Å². The number of ether oxygens (including phenoxy) is 1. The van der Waals surface area contributed by atoms with E-state index in [-0.39, 0.29) is 12.2 Å². The summed E-state index contributed by atoms with van der Waals surface area (Å²) in [6, 6.07) is 4.27. The zero-order valence-corrected chi connectivity index (χ0v) is 10.1. The average Bonchev–Trinajstić information content (AvgIpc) is 2.28. The number of carbonyl (C=O) groups excluding carboxylic acids is 1.